The first kappa shape index (κ1) is 20.0. The van der Waals surface area contributed by atoms with E-state index in [1.807, 2.05) is 36.4 Å². The standard InChI is InChI=1S/C18H15ClN2O3S3/c19-11-6-7-14-12(8-11)21-18(26-14)27-15(10-4-2-1-3-5-10)16(22)20-13(9-25)17(23)24/h1-8,13,15,25H,9H2,(H,20,22)(H,23,24)/t13-,15-/m0/s1. The minimum atomic E-state index is -1.12. The summed E-state index contributed by atoms with van der Waals surface area (Å²) in [7, 11) is 0. The fourth-order valence-corrected chi connectivity index (χ4v) is 5.03. The lowest BCUT2D eigenvalue weighted by molar-refractivity contribution is -0.141. The maximum Gasteiger partial charge on any atom is 0.327 e. The summed E-state index contributed by atoms with van der Waals surface area (Å²) in [5.74, 6) is -1.51. The number of benzene rings is 2. The first-order valence-electron chi connectivity index (χ1n) is 7.89. The van der Waals surface area contributed by atoms with Crippen LogP contribution >= 0.6 is 47.3 Å². The van der Waals surface area contributed by atoms with Crippen molar-refractivity contribution in [2.75, 3.05) is 5.75 Å². The molecule has 0 aliphatic carbocycles. The number of hydrogen-bond donors (Lipinski definition) is 3. The molecule has 2 atom stereocenters. The van der Waals surface area contributed by atoms with Crippen molar-refractivity contribution < 1.29 is 14.7 Å². The van der Waals surface area contributed by atoms with E-state index in [2.05, 4.69) is 22.9 Å². The number of thiazole rings is 1. The molecule has 0 aliphatic rings. The zero-order valence-corrected chi connectivity index (χ0v) is 17.1. The van der Waals surface area contributed by atoms with E-state index in [4.69, 9.17) is 11.6 Å². The third-order valence-corrected chi connectivity index (χ3v) is 6.67. The van der Waals surface area contributed by atoms with Gasteiger partial charge in [0.25, 0.3) is 0 Å². The van der Waals surface area contributed by atoms with Gasteiger partial charge in [0, 0.05) is 10.8 Å². The van der Waals surface area contributed by atoms with Gasteiger partial charge in [-0.25, -0.2) is 9.78 Å². The van der Waals surface area contributed by atoms with Crippen LogP contribution < -0.4 is 5.32 Å². The Morgan fingerprint density at radius 2 is 2.00 bits per heavy atom. The Morgan fingerprint density at radius 1 is 1.26 bits per heavy atom. The average Bonchev–Trinajstić information content (AvgIpc) is 3.06. The molecule has 1 aromatic heterocycles. The number of aliphatic carboxylic acids is 1. The van der Waals surface area contributed by atoms with Crippen LogP contribution in [-0.4, -0.2) is 33.8 Å². The Labute approximate surface area is 174 Å². The van der Waals surface area contributed by atoms with Gasteiger partial charge in [0.1, 0.15) is 11.3 Å². The highest BCUT2D eigenvalue weighted by molar-refractivity contribution is 8.02. The van der Waals surface area contributed by atoms with E-state index in [1.54, 1.807) is 12.1 Å². The molecule has 2 N–H and O–H groups in total. The molecule has 2 aromatic carbocycles. The number of amides is 1. The fourth-order valence-electron chi connectivity index (χ4n) is 2.36. The first-order valence-corrected chi connectivity index (χ1v) is 10.6. The van der Waals surface area contributed by atoms with Crippen LogP contribution in [0.5, 0.6) is 0 Å². The van der Waals surface area contributed by atoms with Crippen molar-refractivity contribution in [3.8, 4) is 0 Å². The van der Waals surface area contributed by atoms with Crippen molar-refractivity contribution in [2.45, 2.75) is 15.6 Å². The molecular formula is C18H15ClN2O3S3. The predicted molar refractivity (Wildman–Crippen MR) is 113 cm³/mol. The Morgan fingerprint density at radius 3 is 2.67 bits per heavy atom. The van der Waals surface area contributed by atoms with Gasteiger partial charge in [-0.3, -0.25) is 4.79 Å². The molecule has 3 aromatic rings. The van der Waals surface area contributed by atoms with Gasteiger partial charge in [-0.05, 0) is 23.8 Å². The highest BCUT2D eigenvalue weighted by Gasteiger charge is 2.27. The summed E-state index contributed by atoms with van der Waals surface area (Å²) in [5, 5.41) is 11.7. The Balaban J connectivity index is 1.89. The van der Waals surface area contributed by atoms with Gasteiger partial charge in [0.2, 0.25) is 5.91 Å². The molecule has 0 radical (unpaired) electrons. The van der Waals surface area contributed by atoms with E-state index < -0.39 is 23.2 Å². The number of aromatic nitrogens is 1. The van der Waals surface area contributed by atoms with E-state index in [0.29, 0.717) is 9.36 Å². The molecule has 0 saturated carbocycles. The molecule has 1 amide bonds. The number of carboxylic acids is 1. The van der Waals surface area contributed by atoms with E-state index in [-0.39, 0.29) is 5.75 Å². The molecule has 0 saturated heterocycles. The highest BCUT2D eigenvalue weighted by atomic mass is 35.5. The van der Waals surface area contributed by atoms with Gasteiger partial charge in [0.15, 0.2) is 4.34 Å². The molecule has 0 unspecified atom stereocenters. The average molecular weight is 439 g/mol. The smallest absolute Gasteiger partial charge is 0.327 e. The molecule has 140 valence electrons. The van der Waals surface area contributed by atoms with Gasteiger partial charge in [-0.15, -0.1) is 11.3 Å². The lowest BCUT2D eigenvalue weighted by atomic mass is 10.1. The van der Waals surface area contributed by atoms with Crippen molar-refractivity contribution in [3.05, 3.63) is 59.1 Å². The summed E-state index contributed by atoms with van der Waals surface area (Å²) in [4.78, 5) is 28.6. The topological polar surface area (TPSA) is 79.3 Å². The zero-order valence-electron chi connectivity index (χ0n) is 13.8. The predicted octanol–water partition coefficient (Wildman–Crippen LogP) is 4.28. The molecule has 5 nitrogen and oxygen atoms in total. The second-order valence-corrected chi connectivity index (χ2v) is 8.77. The van der Waals surface area contributed by atoms with E-state index in [0.717, 1.165) is 15.8 Å². The minimum absolute atomic E-state index is 0.00683. The summed E-state index contributed by atoms with van der Waals surface area (Å²) in [6.45, 7) is 0. The van der Waals surface area contributed by atoms with Gasteiger partial charge in [-0.1, -0.05) is 53.7 Å². The quantitative estimate of drug-likeness (QED) is 0.379. The van der Waals surface area contributed by atoms with Gasteiger partial charge < -0.3 is 10.4 Å². The number of carbonyl (C=O) groups is 2. The van der Waals surface area contributed by atoms with Crippen LogP contribution in [0.1, 0.15) is 10.8 Å². The van der Waals surface area contributed by atoms with Crippen LogP contribution in [0.3, 0.4) is 0 Å². The van der Waals surface area contributed by atoms with Gasteiger partial charge in [0.05, 0.1) is 10.2 Å². The molecule has 0 fully saturated rings. The Hall–Kier alpha value is -1.74. The van der Waals surface area contributed by atoms with Crippen molar-refractivity contribution in [2.24, 2.45) is 0 Å². The maximum atomic E-state index is 12.8. The second kappa shape index (κ2) is 8.97. The lowest BCUT2D eigenvalue weighted by Gasteiger charge is -2.18. The molecule has 27 heavy (non-hydrogen) atoms. The number of thiol groups is 1. The van der Waals surface area contributed by atoms with Gasteiger partial charge in [-0.2, -0.15) is 12.6 Å². The van der Waals surface area contributed by atoms with Crippen LogP contribution in [0, 0.1) is 0 Å². The molecule has 1 heterocycles. The Kier molecular flexibility index (Phi) is 6.64. The summed E-state index contributed by atoms with van der Waals surface area (Å²) >= 11 is 12.8. The second-order valence-electron chi connectivity index (χ2n) is 5.58. The monoisotopic (exact) mass is 438 g/mol. The maximum absolute atomic E-state index is 12.8. The van der Waals surface area contributed by atoms with Crippen molar-refractivity contribution in [1.82, 2.24) is 10.3 Å². The summed E-state index contributed by atoms with van der Waals surface area (Å²) in [6.07, 6.45) is 0. The van der Waals surface area contributed by atoms with E-state index >= 15 is 0 Å². The molecule has 9 heteroatoms. The largest absolute Gasteiger partial charge is 0.480 e. The molecular weight excluding hydrogens is 424 g/mol. The number of halogens is 1. The normalized spacial score (nSPS) is 13.3. The van der Waals surface area contributed by atoms with Crippen LogP contribution in [0.25, 0.3) is 10.2 Å². The number of nitrogens with zero attached hydrogens (tertiary/aromatic N) is 1. The van der Waals surface area contributed by atoms with E-state index in [9.17, 15) is 14.7 Å². The van der Waals surface area contributed by atoms with Crippen LogP contribution in [0.2, 0.25) is 5.02 Å². The number of hydrogen-bond acceptors (Lipinski definition) is 6. The summed E-state index contributed by atoms with van der Waals surface area (Å²) in [6, 6.07) is 13.6. The SMILES string of the molecule is O=C(O)[C@H](CS)NC(=O)[C@@H](Sc1nc2cc(Cl)ccc2s1)c1ccccc1. The first-order chi connectivity index (χ1) is 13.0. The number of carboxylic acid groups (broad SMARTS) is 1. The number of fused-ring (bicyclic) bond motifs is 1. The van der Waals surface area contributed by atoms with Crippen molar-refractivity contribution in [1.29, 1.82) is 0 Å². The van der Waals surface area contributed by atoms with Crippen LogP contribution in [-0.2, 0) is 9.59 Å². The minimum Gasteiger partial charge on any atom is -0.480 e. The fraction of sp³-hybridized carbons (Fsp3) is 0.167. The van der Waals surface area contributed by atoms with Crippen LogP contribution in [0.4, 0.5) is 0 Å². The highest BCUT2D eigenvalue weighted by Crippen LogP contribution is 2.39. The molecule has 0 bridgehead atoms. The molecule has 3 rings (SSSR count). The Bertz CT molecular complexity index is 965. The number of nitrogens with one attached hydrogen (secondary N) is 1. The number of rotatable bonds is 7. The lowest BCUT2D eigenvalue weighted by Crippen LogP contribution is -2.43. The third-order valence-electron chi connectivity index (χ3n) is 3.69. The number of thioether (sulfide) groups is 1. The van der Waals surface area contributed by atoms with Crippen molar-refractivity contribution >= 4 is 69.4 Å². The molecule has 0 aliphatic heterocycles. The van der Waals surface area contributed by atoms with Crippen LogP contribution in [0.15, 0.2) is 52.9 Å². The van der Waals surface area contributed by atoms with Gasteiger partial charge >= 0.3 is 5.97 Å². The summed E-state index contributed by atoms with van der Waals surface area (Å²) in [5.41, 5.74) is 1.53. The number of carbonyl (C=O) groups excluding carboxylic acids is 1. The summed E-state index contributed by atoms with van der Waals surface area (Å²) < 4.78 is 1.67. The zero-order chi connectivity index (χ0) is 19.4. The third kappa shape index (κ3) is 4.95. The molecule has 0 spiro atoms. The van der Waals surface area contributed by atoms with E-state index in [1.165, 1.54) is 23.1 Å². The van der Waals surface area contributed by atoms with Crippen molar-refractivity contribution in [3.63, 3.8) is 0 Å².